The van der Waals surface area contributed by atoms with Crippen LogP contribution < -0.4 is 10.2 Å². The van der Waals surface area contributed by atoms with Gasteiger partial charge in [0, 0.05) is 25.5 Å². The van der Waals surface area contributed by atoms with Crippen LogP contribution in [0.5, 0.6) is 0 Å². The van der Waals surface area contributed by atoms with Gasteiger partial charge in [-0.2, -0.15) is 4.98 Å². The summed E-state index contributed by atoms with van der Waals surface area (Å²) in [6.45, 7) is 7.56. The van der Waals surface area contributed by atoms with Crippen LogP contribution in [0.15, 0.2) is 36.5 Å². The first-order valence-electron chi connectivity index (χ1n) is 8.01. The molecule has 0 aliphatic rings. The largest absolute Gasteiger partial charge is 0.344 e. The number of unbranched alkanes of at least 4 members (excludes halogenated alkanes) is 1. The topological polar surface area (TPSA) is 41.1 Å². The molecule has 1 heterocycles. The lowest BCUT2D eigenvalue weighted by Gasteiger charge is -2.17. The van der Waals surface area contributed by atoms with Crippen LogP contribution in [0, 0.1) is 0 Å². The van der Waals surface area contributed by atoms with E-state index in [0.717, 1.165) is 30.4 Å². The average Bonchev–Trinajstić information content (AvgIpc) is 2.53. The summed E-state index contributed by atoms with van der Waals surface area (Å²) in [6, 6.07) is 10.4. The van der Waals surface area contributed by atoms with Crippen molar-refractivity contribution < 1.29 is 0 Å². The SMILES string of the molecule is CCCCN(C)c1nccc(Nc2ccc(C(C)C)cc2)n1. The Balaban J connectivity index is 2.06. The lowest BCUT2D eigenvalue weighted by Crippen LogP contribution is -2.21. The zero-order valence-corrected chi connectivity index (χ0v) is 14.0. The molecular formula is C18H26N4. The number of rotatable bonds is 7. The minimum Gasteiger partial charge on any atom is -0.344 e. The van der Waals surface area contributed by atoms with Gasteiger partial charge in [0.2, 0.25) is 5.95 Å². The minimum atomic E-state index is 0.548. The monoisotopic (exact) mass is 298 g/mol. The number of benzene rings is 1. The van der Waals surface area contributed by atoms with E-state index in [1.165, 1.54) is 12.0 Å². The van der Waals surface area contributed by atoms with Gasteiger partial charge in [0.25, 0.3) is 0 Å². The van der Waals surface area contributed by atoms with Gasteiger partial charge in [0.15, 0.2) is 0 Å². The van der Waals surface area contributed by atoms with E-state index < -0.39 is 0 Å². The Hall–Kier alpha value is -2.10. The van der Waals surface area contributed by atoms with Gasteiger partial charge in [-0.05, 0) is 36.1 Å². The van der Waals surface area contributed by atoms with E-state index in [1.807, 2.05) is 13.1 Å². The highest BCUT2D eigenvalue weighted by molar-refractivity contribution is 5.57. The molecule has 0 aliphatic heterocycles. The van der Waals surface area contributed by atoms with E-state index in [-0.39, 0.29) is 0 Å². The van der Waals surface area contributed by atoms with Crippen molar-refractivity contribution in [2.75, 3.05) is 23.8 Å². The van der Waals surface area contributed by atoms with Crippen molar-refractivity contribution in [2.24, 2.45) is 0 Å². The molecule has 1 N–H and O–H groups in total. The summed E-state index contributed by atoms with van der Waals surface area (Å²) in [6.07, 6.45) is 4.12. The maximum absolute atomic E-state index is 4.58. The van der Waals surface area contributed by atoms with Crippen LogP contribution in [0.3, 0.4) is 0 Å². The molecule has 0 saturated carbocycles. The van der Waals surface area contributed by atoms with Crippen LogP contribution >= 0.6 is 0 Å². The highest BCUT2D eigenvalue weighted by Gasteiger charge is 2.05. The molecule has 1 aromatic heterocycles. The summed E-state index contributed by atoms with van der Waals surface area (Å²) in [7, 11) is 2.03. The average molecular weight is 298 g/mol. The fourth-order valence-corrected chi connectivity index (χ4v) is 2.20. The summed E-state index contributed by atoms with van der Waals surface area (Å²) in [5.41, 5.74) is 2.39. The predicted octanol–water partition coefficient (Wildman–Crippen LogP) is 4.58. The Kier molecular flexibility index (Phi) is 5.75. The van der Waals surface area contributed by atoms with Gasteiger partial charge in [0.05, 0.1) is 0 Å². The number of aromatic nitrogens is 2. The van der Waals surface area contributed by atoms with E-state index in [1.54, 1.807) is 6.20 Å². The molecule has 2 rings (SSSR count). The molecule has 0 amide bonds. The lowest BCUT2D eigenvalue weighted by molar-refractivity contribution is 0.750. The van der Waals surface area contributed by atoms with E-state index in [9.17, 15) is 0 Å². The lowest BCUT2D eigenvalue weighted by atomic mass is 10.0. The van der Waals surface area contributed by atoms with Gasteiger partial charge in [-0.3, -0.25) is 0 Å². The number of hydrogen-bond acceptors (Lipinski definition) is 4. The molecule has 4 nitrogen and oxygen atoms in total. The smallest absolute Gasteiger partial charge is 0.227 e. The predicted molar refractivity (Wildman–Crippen MR) is 94.0 cm³/mol. The van der Waals surface area contributed by atoms with Crippen molar-refractivity contribution in [3.8, 4) is 0 Å². The van der Waals surface area contributed by atoms with Crippen LogP contribution in [-0.4, -0.2) is 23.6 Å². The first kappa shape index (κ1) is 16.3. The molecule has 0 radical (unpaired) electrons. The highest BCUT2D eigenvalue weighted by atomic mass is 15.2. The molecule has 2 aromatic rings. The van der Waals surface area contributed by atoms with E-state index in [0.29, 0.717) is 5.92 Å². The fraction of sp³-hybridized carbons (Fsp3) is 0.444. The molecule has 1 aromatic carbocycles. The molecule has 118 valence electrons. The summed E-state index contributed by atoms with van der Waals surface area (Å²) in [5, 5.41) is 3.34. The number of nitrogens with zero attached hydrogens (tertiary/aromatic N) is 3. The van der Waals surface area contributed by atoms with Crippen LogP contribution in [0.25, 0.3) is 0 Å². The summed E-state index contributed by atoms with van der Waals surface area (Å²) in [4.78, 5) is 11.0. The number of hydrogen-bond donors (Lipinski definition) is 1. The van der Waals surface area contributed by atoms with E-state index >= 15 is 0 Å². The first-order chi connectivity index (χ1) is 10.6. The van der Waals surface area contributed by atoms with Crippen molar-refractivity contribution >= 4 is 17.5 Å². The summed E-state index contributed by atoms with van der Waals surface area (Å²) >= 11 is 0. The van der Waals surface area contributed by atoms with Crippen LogP contribution in [0.4, 0.5) is 17.5 Å². The van der Waals surface area contributed by atoms with Gasteiger partial charge in [-0.25, -0.2) is 4.98 Å². The van der Waals surface area contributed by atoms with E-state index in [4.69, 9.17) is 0 Å². The molecule has 0 spiro atoms. The molecule has 0 aliphatic carbocycles. The minimum absolute atomic E-state index is 0.548. The fourth-order valence-electron chi connectivity index (χ4n) is 2.20. The normalized spacial score (nSPS) is 10.8. The molecule has 0 saturated heterocycles. The van der Waals surface area contributed by atoms with Gasteiger partial charge in [-0.1, -0.05) is 39.3 Å². The molecular weight excluding hydrogens is 272 g/mol. The van der Waals surface area contributed by atoms with Crippen molar-refractivity contribution in [1.82, 2.24) is 9.97 Å². The summed E-state index contributed by atoms with van der Waals surface area (Å²) < 4.78 is 0. The second kappa shape index (κ2) is 7.78. The maximum atomic E-state index is 4.58. The highest BCUT2D eigenvalue weighted by Crippen LogP contribution is 2.20. The van der Waals surface area contributed by atoms with Crippen LogP contribution in [-0.2, 0) is 0 Å². The standard InChI is InChI=1S/C18H26N4/c1-5-6-13-22(4)18-19-12-11-17(21-18)20-16-9-7-15(8-10-16)14(2)3/h7-12,14H,5-6,13H2,1-4H3,(H,19,20,21). The Bertz CT molecular complexity index is 578. The maximum Gasteiger partial charge on any atom is 0.227 e. The Labute approximate surface area is 133 Å². The van der Waals surface area contributed by atoms with E-state index in [2.05, 4.69) is 65.2 Å². The van der Waals surface area contributed by atoms with Gasteiger partial charge in [-0.15, -0.1) is 0 Å². The molecule has 4 heteroatoms. The zero-order chi connectivity index (χ0) is 15.9. The zero-order valence-electron chi connectivity index (χ0n) is 14.0. The quantitative estimate of drug-likeness (QED) is 0.812. The van der Waals surface area contributed by atoms with Crippen molar-refractivity contribution in [3.63, 3.8) is 0 Å². The van der Waals surface area contributed by atoms with Crippen molar-refractivity contribution in [3.05, 3.63) is 42.1 Å². The van der Waals surface area contributed by atoms with Crippen molar-refractivity contribution in [2.45, 2.75) is 39.5 Å². The first-order valence-corrected chi connectivity index (χ1v) is 8.01. The molecule has 22 heavy (non-hydrogen) atoms. The molecule has 0 fully saturated rings. The van der Waals surface area contributed by atoms with Crippen molar-refractivity contribution in [1.29, 1.82) is 0 Å². The molecule has 0 bridgehead atoms. The third kappa shape index (κ3) is 4.45. The number of anilines is 3. The Morgan fingerprint density at radius 1 is 1.14 bits per heavy atom. The van der Waals surface area contributed by atoms with Crippen LogP contribution in [0.2, 0.25) is 0 Å². The molecule has 0 unspecified atom stereocenters. The second-order valence-electron chi connectivity index (χ2n) is 5.92. The Morgan fingerprint density at radius 3 is 2.50 bits per heavy atom. The second-order valence-corrected chi connectivity index (χ2v) is 5.92. The van der Waals surface area contributed by atoms with Crippen LogP contribution in [0.1, 0.15) is 45.1 Å². The Morgan fingerprint density at radius 2 is 1.86 bits per heavy atom. The van der Waals surface area contributed by atoms with Gasteiger partial charge in [0.1, 0.15) is 5.82 Å². The number of nitrogens with one attached hydrogen (secondary N) is 1. The third-order valence-corrected chi connectivity index (χ3v) is 3.68. The summed E-state index contributed by atoms with van der Waals surface area (Å²) in [5.74, 6) is 2.13. The third-order valence-electron chi connectivity index (χ3n) is 3.68. The van der Waals surface area contributed by atoms with Gasteiger partial charge >= 0.3 is 0 Å². The van der Waals surface area contributed by atoms with Gasteiger partial charge < -0.3 is 10.2 Å². The molecule has 0 atom stereocenters.